The van der Waals surface area contributed by atoms with Gasteiger partial charge in [0, 0.05) is 25.2 Å². The predicted octanol–water partition coefficient (Wildman–Crippen LogP) is 4.05. The van der Waals surface area contributed by atoms with Crippen molar-refractivity contribution in [3.63, 3.8) is 0 Å². The van der Waals surface area contributed by atoms with Crippen LogP contribution in [0.3, 0.4) is 0 Å². The minimum atomic E-state index is -0.699. The zero-order chi connectivity index (χ0) is 27.5. The summed E-state index contributed by atoms with van der Waals surface area (Å²) in [6, 6.07) is 11.7. The summed E-state index contributed by atoms with van der Waals surface area (Å²) < 4.78 is 13.9. The molecule has 1 fully saturated rings. The Bertz CT molecular complexity index is 1500. The van der Waals surface area contributed by atoms with Crippen LogP contribution in [0.15, 0.2) is 54.9 Å². The van der Waals surface area contributed by atoms with Gasteiger partial charge in [0.05, 0.1) is 39.6 Å². The highest BCUT2D eigenvalue weighted by Gasteiger charge is 2.24. The lowest BCUT2D eigenvalue weighted by molar-refractivity contribution is -0.386. The Hall–Kier alpha value is -4.00. The molecular weight excluding hydrogens is 522 g/mol. The van der Waals surface area contributed by atoms with E-state index in [1.807, 2.05) is 22.7 Å². The molecule has 0 aliphatic carbocycles. The van der Waals surface area contributed by atoms with Crippen LogP contribution in [0.1, 0.15) is 41.1 Å². The van der Waals surface area contributed by atoms with Crippen molar-refractivity contribution in [2.24, 2.45) is 5.73 Å². The maximum Gasteiger partial charge on any atom is 0.276 e. The van der Waals surface area contributed by atoms with E-state index in [2.05, 4.69) is 9.88 Å². The number of para-hydroxylation sites is 1. The smallest absolute Gasteiger partial charge is 0.276 e. The molecule has 0 spiro atoms. The van der Waals surface area contributed by atoms with E-state index in [4.69, 9.17) is 15.2 Å². The fourth-order valence-corrected chi connectivity index (χ4v) is 5.72. The third-order valence-electron chi connectivity index (χ3n) is 6.68. The number of aliphatic hydroxyl groups excluding tert-OH is 1. The first-order valence-electron chi connectivity index (χ1n) is 12.6. The highest BCUT2D eigenvalue weighted by Crippen LogP contribution is 2.39. The average molecular weight is 552 g/mol. The maximum atomic E-state index is 12.3. The lowest BCUT2D eigenvalue weighted by Crippen LogP contribution is -2.40. The number of nitrogens with two attached hydrogens (primary N) is 1. The monoisotopic (exact) mass is 551 g/mol. The number of benzene rings is 1. The molecule has 39 heavy (non-hydrogen) atoms. The number of pyridine rings is 1. The molecule has 2 unspecified atom stereocenters. The van der Waals surface area contributed by atoms with E-state index in [0.29, 0.717) is 35.0 Å². The number of nitro benzene ring substituents is 1. The van der Waals surface area contributed by atoms with Crippen LogP contribution in [0.5, 0.6) is 11.5 Å². The quantitative estimate of drug-likeness (QED) is 0.222. The van der Waals surface area contributed by atoms with Crippen molar-refractivity contribution < 1.29 is 24.3 Å². The zero-order valence-electron chi connectivity index (χ0n) is 21.4. The summed E-state index contributed by atoms with van der Waals surface area (Å²) in [7, 11) is 0. The molecule has 1 aliphatic rings. The molecule has 4 heterocycles. The first-order valence-corrected chi connectivity index (χ1v) is 13.5. The van der Waals surface area contributed by atoms with E-state index >= 15 is 0 Å². The maximum absolute atomic E-state index is 12.3. The minimum Gasteiger partial charge on any atom is -0.491 e. The Kier molecular flexibility index (Phi) is 7.77. The van der Waals surface area contributed by atoms with Crippen molar-refractivity contribution in [2.45, 2.75) is 32.0 Å². The minimum absolute atomic E-state index is 0.0631. The summed E-state index contributed by atoms with van der Waals surface area (Å²) in [6.07, 6.45) is 4.37. The number of β-amino-alcohol motifs (C(OH)–C–C–N with tert-alkyl or cyclic N) is 1. The van der Waals surface area contributed by atoms with Gasteiger partial charge in [0.25, 0.3) is 11.6 Å². The van der Waals surface area contributed by atoms with Crippen molar-refractivity contribution in [3.8, 4) is 22.1 Å². The number of piperidine rings is 1. The number of carbonyl (C=O) groups is 1. The summed E-state index contributed by atoms with van der Waals surface area (Å²) in [6.45, 7) is 4.50. The van der Waals surface area contributed by atoms with Gasteiger partial charge in [-0.25, -0.2) is 4.98 Å². The van der Waals surface area contributed by atoms with E-state index in [0.717, 1.165) is 31.6 Å². The molecule has 3 aromatic heterocycles. The normalized spacial score (nSPS) is 16.7. The molecule has 1 aromatic carbocycles. The molecule has 12 heteroatoms. The Morgan fingerprint density at radius 1 is 1.33 bits per heavy atom. The molecule has 204 valence electrons. The molecular formula is C27H29N5O6S. The number of hydrogen-bond acceptors (Lipinski definition) is 9. The fraction of sp³-hybridized carbons (Fsp3) is 0.333. The van der Waals surface area contributed by atoms with E-state index < -0.39 is 16.9 Å². The number of nitro groups is 1. The van der Waals surface area contributed by atoms with Crippen LogP contribution in [0, 0.1) is 10.1 Å². The van der Waals surface area contributed by atoms with E-state index in [1.54, 1.807) is 37.4 Å². The first kappa shape index (κ1) is 26.6. The lowest BCUT2D eigenvalue weighted by atomic mass is 10.1. The number of carbonyl (C=O) groups excluding carboxylic acids is 1. The number of fused-ring (bicyclic) bond motifs is 1. The standard InChI is InChI=1S/C27H29N5O6S/c1-17(20-6-2-3-7-21(20)32(35)36)38-23-13-24(39-26(23)27(28)34)22-14-29-25-9-8-19(16-31(22)25)37-12-11-30-10-4-5-18(33)15-30/h2-3,6-9,13-14,16-18,33H,4-5,10-12,15H2,1H3,(H2,28,34). The highest BCUT2D eigenvalue weighted by atomic mass is 32.1. The van der Waals surface area contributed by atoms with Gasteiger partial charge in [-0.2, -0.15) is 0 Å². The second-order valence-corrected chi connectivity index (χ2v) is 10.5. The van der Waals surface area contributed by atoms with Crippen LogP contribution in [-0.4, -0.2) is 62.6 Å². The molecule has 5 rings (SSSR count). The number of aromatic nitrogens is 2. The molecule has 1 saturated heterocycles. The summed E-state index contributed by atoms with van der Waals surface area (Å²) >= 11 is 1.17. The summed E-state index contributed by atoms with van der Waals surface area (Å²) in [4.78, 5) is 30.8. The van der Waals surface area contributed by atoms with Crippen LogP contribution >= 0.6 is 11.3 Å². The second-order valence-electron chi connectivity index (χ2n) is 9.43. The molecule has 1 amide bonds. The van der Waals surface area contributed by atoms with Gasteiger partial charge in [0.1, 0.15) is 34.7 Å². The number of aliphatic hydroxyl groups is 1. The third-order valence-corrected chi connectivity index (χ3v) is 7.84. The summed E-state index contributed by atoms with van der Waals surface area (Å²) in [5.41, 5.74) is 7.40. The van der Waals surface area contributed by atoms with Gasteiger partial charge in [-0.3, -0.25) is 24.2 Å². The molecule has 11 nitrogen and oxygen atoms in total. The van der Waals surface area contributed by atoms with Crippen LogP contribution in [-0.2, 0) is 0 Å². The molecule has 3 N–H and O–H groups in total. The van der Waals surface area contributed by atoms with Gasteiger partial charge in [0.15, 0.2) is 0 Å². The van der Waals surface area contributed by atoms with Gasteiger partial charge >= 0.3 is 0 Å². The summed E-state index contributed by atoms with van der Waals surface area (Å²) in [5.74, 6) is 0.253. The topological polar surface area (TPSA) is 145 Å². The van der Waals surface area contributed by atoms with Crippen molar-refractivity contribution in [2.75, 3.05) is 26.2 Å². The molecule has 0 bridgehead atoms. The summed E-state index contributed by atoms with van der Waals surface area (Å²) in [5, 5.41) is 21.3. The molecule has 0 saturated carbocycles. The predicted molar refractivity (Wildman–Crippen MR) is 146 cm³/mol. The van der Waals surface area contributed by atoms with Gasteiger partial charge in [-0.15, -0.1) is 11.3 Å². The number of primary amides is 1. The van der Waals surface area contributed by atoms with Gasteiger partial charge in [-0.1, -0.05) is 12.1 Å². The van der Waals surface area contributed by atoms with Gasteiger partial charge < -0.3 is 20.3 Å². The average Bonchev–Trinajstić information content (AvgIpc) is 3.52. The number of nitrogens with zero attached hydrogens (tertiary/aromatic N) is 4. The van der Waals surface area contributed by atoms with Crippen molar-refractivity contribution in [1.82, 2.24) is 14.3 Å². The van der Waals surface area contributed by atoms with E-state index in [9.17, 15) is 20.0 Å². The largest absolute Gasteiger partial charge is 0.491 e. The number of ether oxygens (including phenoxy) is 2. The molecule has 4 aromatic rings. The van der Waals surface area contributed by atoms with Crippen molar-refractivity contribution in [3.05, 3.63) is 75.4 Å². The van der Waals surface area contributed by atoms with Crippen molar-refractivity contribution in [1.29, 1.82) is 0 Å². The third kappa shape index (κ3) is 5.87. The fourth-order valence-electron chi connectivity index (χ4n) is 4.77. The van der Waals surface area contributed by atoms with E-state index in [1.165, 1.54) is 17.4 Å². The van der Waals surface area contributed by atoms with Crippen LogP contribution in [0.4, 0.5) is 5.69 Å². The lowest BCUT2D eigenvalue weighted by Gasteiger charge is -2.29. The SMILES string of the molecule is CC(Oc1cc(-c2cnc3ccc(OCCN4CCCC(O)C4)cn23)sc1C(N)=O)c1ccccc1[N+](=O)[O-]. The van der Waals surface area contributed by atoms with Crippen molar-refractivity contribution >= 4 is 28.6 Å². The molecule has 0 radical (unpaired) electrons. The Morgan fingerprint density at radius 3 is 2.92 bits per heavy atom. The van der Waals surface area contributed by atoms with Gasteiger partial charge in [-0.05, 0) is 44.5 Å². The van der Waals surface area contributed by atoms with Crippen LogP contribution < -0.4 is 15.2 Å². The van der Waals surface area contributed by atoms with Crippen LogP contribution in [0.2, 0.25) is 0 Å². The number of imidazole rings is 1. The zero-order valence-corrected chi connectivity index (χ0v) is 22.2. The second kappa shape index (κ2) is 11.4. The van der Waals surface area contributed by atoms with E-state index in [-0.39, 0.29) is 22.4 Å². The number of hydrogen-bond donors (Lipinski definition) is 2. The number of amides is 1. The van der Waals surface area contributed by atoms with Crippen LogP contribution in [0.25, 0.3) is 16.2 Å². The number of rotatable bonds is 10. The molecule has 2 atom stereocenters. The Morgan fingerprint density at radius 2 is 2.15 bits per heavy atom. The number of likely N-dealkylation sites (tertiary alicyclic amines) is 1. The first-order chi connectivity index (χ1) is 18.8. The Balaban J connectivity index is 1.37. The Labute approximate surface area is 228 Å². The molecule has 1 aliphatic heterocycles. The number of thiophene rings is 1. The highest BCUT2D eigenvalue weighted by molar-refractivity contribution is 7.17. The van der Waals surface area contributed by atoms with Gasteiger partial charge in [0.2, 0.25) is 0 Å².